The van der Waals surface area contributed by atoms with Crippen molar-refractivity contribution in [2.75, 3.05) is 19.7 Å². The van der Waals surface area contributed by atoms with Gasteiger partial charge >= 0.3 is 0 Å². The molecule has 0 unspecified atom stereocenters. The van der Waals surface area contributed by atoms with Gasteiger partial charge in [0.2, 0.25) is 0 Å². The summed E-state index contributed by atoms with van der Waals surface area (Å²) < 4.78 is 5.96. The molecule has 1 aromatic carbocycles. The largest absolute Gasteiger partial charge is 0.489 e. The van der Waals surface area contributed by atoms with Crippen LogP contribution in [0.25, 0.3) is 6.08 Å². The zero-order valence-electron chi connectivity index (χ0n) is 13.4. The van der Waals surface area contributed by atoms with Gasteiger partial charge in [0.05, 0.1) is 0 Å². The minimum atomic E-state index is 0.693. The van der Waals surface area contributed by atoms with Crippen LogP contribution in [-0.4, -0.2) is 30.6 Å². The van der Waals surface area contributed by atoms with E-state index < -0.39 is 0 Å². The van der Waals surface area contributed by atoms with Crippen molar-refractivity contribution in [1.82, 2.24) is 4.90 Å². The van der Waals surface area contributed by atoms with Crippen molar-refractivity contribution in [2.45, 2.75) is 52.0 Å². The molecule has 2 heteroatoms. The number of ether oxygens (including phenoxy) is 1. The van der Waals surface area contributed by atoms with E-state index >= 15 is 0 Å². The van der Waals surface area contributed by atoms with Crippen molar-refractivity contribution in [1.29, 1.82) is 0 Å². The first-order valence-corrected chi connectivity index (χ1v) is 8.51. The predicted molar refractivity (Wildman–Crippen MR) is 88.9 cm³/mol. The van der Waals surface area contributed by atoms with Gasteiger partial charge < -0.3 is 9.64 Å². The number of hydrogen-bond acceptors (Lipinski definition) is 2. The van der Waals surface area contributed by atoms with Crippen LogP contribution in [0.5, 0.6) is 5.75 Å². The van der Waals surface area contributed by atoms with Crippen LogP contribution in [0.15, 0.2) is 18.2 Å². The fourth-order valence-corrected chi connectivity index (χ4v) is 3.78. The zero-order chi connectivity index (χ0) is 14.7. The second kappa shape index (κ2) is 6.65. The molecule has 1 aliphatic heterocycles. The fraction of sp³-hybridized carbons (Fsp3) is 0.579. The number of hydrogen-bond donors (Lipinski definition) is 0. The molecular weight excluding hydrogens is 258 g/mol. The molecule has 0 N–H and O–H groups in total. The highest BCUT2D eigenvalue weighted by Crippen LogP contribution is 2.36. The molecule has 1 atom stereocenters. The summed E-state index contributed by atoms with van der Waals surface area (Å²) in [5.74, 6) is 1.16. The van der Waals surface area contributed by atoms with Crippen molar-refractivity contribution in [3.63, 3.8) is 0 Å². The van der Waals surface area contributed by atoms with Gasteiger partial charge in [0.15, 0.2) is 0 Å². The van der Waals surface area contributed by atoms with Crippen molar-refractivity contribution in [3.8, 4) is 5.75 Å². The number of aryl methyl sites for hydroxylation is 1. The van der Waals surface area contributed by atoms with Gasteiger partial charge in [0.25, 0.3) is 0 Å². The summed E-state index contributed by atoms with van der Waals surface area (Å²) in [5.41, 5.74) is 4.25. The van der Waals surface area contributed by atoms with E-state index in [0.717, 1.165) is 18.8 Å². The molecule has 1 heterocycles. The van der Waals surface area contributed by atoms with Gasteiger partial charge in [-0.15, -0.1) is 0 Å². The van der Waals surface area contributed by atoms with Gasteiger partial charge in [-0.2, -0.15) is 0 Å². The maximum absolute atomic E-state index is 5.96. The Kier molecular flexibility index (Phi) is 4.64. The normalized spacial score (nSPS) is 20.0. The van der Waals surface area contributed by atoms with Crippen LogP contribution >= 0.6 is 0 Å². The van der Waals surface area contributed by atoms with E-state index in [1.165, 1.54) is 55.5 Å². The van der Waals surface area contributed by atoms with Gasteiger partial charge in [-0.25, -0.2) is 0 Å². The highest BCUT2D eigenvalue weighted by atomic mass is 16.5. The first-order chi connectivity index (χ1) is 10.3. The lowest BCUT2D eigenvalue weighted by atomic mass is 9.85. The second-order valence-corrected chi connectivity index (χ2v) is 6.27. The lowest BCUT2D eigenvalue weighted by Gasteiger charge is -2.36. The quantitative estimate of drug-likeness (QED) is 0.808. The third kappa shape index (κ3) is 3.01. The maximum atomic E-state index is 5.96. The molecule has 3 rings (SSSR count). The highest BCUT2D eigenvalue weighted by molar-refractivity contribution is 5.64. The summed E-state index contributed by atoms with van der Waals surface area (Å²) >= 11 is 0. The first-order valence-electron chi connectivity index (χ1n) is 8.51. The van der Waals surface area contributed by atoms with Gasteiger partial charge in [0, 0.05) is 11.6 Å². The molecule has 0 radical (unpaired) electrons. The van der Waals surface area contributed by atoms with Crippen LogP contribution in [0.3, 0.4) is 0 Å². The summed E-state index contributed by atoms with van der Waals surface area (Å²) in [5, 5.41) is 0. The van der Waals surface area contributed by atoms with Crippen LogP contribution in [0.1, 0.15) is 49.8 Å². The Balaban J connectivity index is 1.85. The molecule has 0 aromatic heterocycles. The van der Waals surface area contributed by atoms with Crippen LogP contribution < -0.4 is 4.74 Å². The third-order valence-electron chi connectivity index (χ3n) is 4.73. The summed E-state index contributed by atoms with van der Waals surface area (Å²) in [6, 6.07) is 5.23. The van der Waals surface area contributed by atoms with Crippen LogP contribution in [0.2, 0.25) is 0 Å². The monoisotopic (exact) mass is 285 g/mol. The average molecular weight is 285 g/mol. The molecule has 1 aliphatic carbocycles. The van der Waals surface area contributed by atoms with E-state index in [1.807, 2.05) is 0 Å². The number of nitrogens with zero attached hydrogens (tertiary/aromatic N) is 1. The molecular formula is C19H27NO. The first kappa shape index (κ1) is 14.6. The third-order valence-corrected chi connectivity index (χ3v) is 4.73. The Morgan fingerprint density at radius 2 is 2.00 bits per heavy atom. The van der Waals surface area contributed by atoms with E-state index in [9.17, 15) is 0 Å². The Hall–Kier alpha value is -1.28. The van der Waals surface area contributed by atoms with Crippen LogP contribution in [0, 0.1) is 0 Å². The second-order valence-electron chi connectivity index (χ2n) is 6.27. The van der Waals surface area contributed by atoms with Crippen molar-refractivity contribution < 1.29 is 4.74 Å². The van der Waals surface area contributed by atoms with Crippen molar-refractivity contribution >= 4 is 6.08 Å². The molecule has 2 aliphatic rings. The standard InChI is InChI=1S/C19H27NO/c1-3-11-20(12-4-2)17-10-9-15-7-8-16-6-5-13-21-19(16)18(15)14-17/h5-8,17H,3-4,9-14H2,1-2H3/t17-/m1/s1. The van der Waals surface area contributed by atoms with E-state index in [1.54, 1.807) is 0 Å². The maximum Gasteiger partial charge on any atom is 0.130 e. The highest BCUT2D eigenvalue weighted by Gasteiger charge is 2.27. The minimum Gasteiger partial charge on any atom is -0.489 e. The molecule has 2 nitrogen and oxygen atoms in total. The van der Waals surface area contributed by atoms with Crippen LogP contribution in [0.4, 0.5) is 0 Å². The Morgan fingerprint density at radius 3 is 2.76 bits per heavy atom. The van der Waals surface area contributed by atoms with E-state index in [-0.39, 0.29) is 0 Å². The Labute approximate surface area is 128 Å². The van der Waals surface area contributed by atoms with Gasteiger partial charge in [-0.1, -0.05) is 32.1 Å². The Bertz CT molecular complexity index is 515. The lowest BCUT2D eigenvalue weighted by Crippen LogP contribution is -2.40. The SMILES string of the molecule is CCCN(CCC)[C@@H]1CCc2ccc3c(c2C1)OCC=C3. The Morgan fingerprint density at radius 1 is 1.19 bits per heavy atom. The molecule has 0 bridgehead atoms. The molecule has 0 fully saturated rings. The van der Waals surface area contributed by atoms with Crippen molar-refractivity contribution in [2.24, 2.45) is 0 Å². The number of benzene rings is 1. The molecule has 114 valence electrons. The molecule has 0 saturated heterocycles. The van der Waals surface area contributed by atoms with Crippen molar-refractivity contribution in [3.05, 3.63) is 34.9 Å². The van der Waals surface area contributed by atoms with Gasteiger partial charge in [-0.05, 0) is 62.4 Å². The number of fused-ring (bicyclic) bond motifs is 3. The average Bonchev–Trinajstić information content (AvgIpc) is 2.54. The smallest absolute Gasteiger partial charge is 0.130 e. The van der Waals surface area contributed by atoms with E-state index in [2.05, 4.69) is 43.0 Å². The molecule has 0 saturated carbocycles. The summed E-state index contributed by atoms with van der Waals surface area (Å²) in [7, 11) is 0. The molecule has 1 aromatic rings. The fourth-order valence-electron chi connectivity index (χ4n) is 3.78. The predicted octanol–water partition coefficient (Wildman–Crippen LogP) is 4.07. The lowest BCUT2D eigenvalue weighted by molar-refractivity contribution is 0.178. The zero-order valence-corrected chi connectivity index (χ0v) is 13.4. The van der Waals surface area contributed by atoms with Gasteiger partial charge in [0.1, 0.15) is 12.4 Å². The summed E-state index contributed by atoms with van der Waals surface area (Å²) in [6.07, 6.45) is 10.5. The van der Waals surface area contributed by atoms with E-state index in [4.69, 9.17) is 4.74 Å². The molecule has 21 heavy (non-hydrogen) atoms. The molecule has 0 spiro atoms. The number of rotatable bonds is 5. The van der Waals surface area contributed by atoms with Crippen LogP contribution in [-0.2, 0) is 12.8 Å². The topological polar surface area (TPSA) is 12.5 Å². The minimum absolute atomic E-state index is 0.693. The van der Waals surface area contributed by atoms with Gasteiger partial charge in [-0.3, -0.25) is 0 Å². The van der Waals surface area contributed by atoms with E-state index in [0.29, 0.717) is 6.04 Å². The summed E-state index contributed by atoms with van der Waals surface area (Å²) in [6.45, 7) is 7.75. The summed E-state index contributed by atoms with van der Waals surface area (Å²) in [4.78, 5) is 2.70. The molecule has 0 amide bonds.